The fourth-order valence-corrected chi connectivity index (χ4v) is 2.89. The Bertz CT molecular complexity index is 903. The summed E-state index contributed by atoms with van der Waals surface area (Å²) in [5.74, 6) is -0.898. The summed E-state index contributed by atoms with van der Waals surface area (Å²) in [6.45, 7) is 2.94. The molecule has 2 rings (SSSR count). The van der Waals surface area contributed by atoms with E-state index in [0.29, 0.717) is 11.3 Å². The third kappa shape index (κ3) is 8.22. The number of hydrogen-bond acceptors (Lipinski definition) is 5. The first-order valence-electron chi connectivity index (χ1n) is 9.73. The van der Waals surface area contributed by atoms with E-state index in [9.17, 15) is 28.2 Å². The van der Waals surface area contributed by atoms with Crippen molar-refractivity contribution in [3.05, 3.63) is 58.6 Å². The molecule has 0 bridgehead atoms. The number of aliphatic hydroxyl groups excluding tert-OH is 1. The number of hydrogen-bond donors (Lipinski definition) is 2. The number of carboxylic acid groups (broad SMARTS) is 1. The molecule has 0 aliphatic rings. The van der Waals surface area contributed by atoms with Crippen molar-refractivity contribution in [1.82, 2.24) is 0 Å². The summed E-state index contributed by atoms with van der Waals surface area (Å²) in [6.07, 6.45) is -6.84. The van der Waals surface area contributed by atoms with E-state index in [1.165, 1.54) is 0 Å². The van der Waals surface area contributed by atoms with Crippen LogP contribution >= 0.6 is 11.6 Å². The molecule has 2 atom stereocenters. The first-order valence-corrected chi connectivity index (χ1v) is 10.1. The number of carbonyl (C=O) groups is 1. The van der Waals surface area contributed by atoms with E-state index in [1.807, 2.05) is 0 Å². The Morgan fingerprint density at radius 2 is 1.78 bits per heavy atom. The highest BCUT2D eigenvalue weighted by Crippen LogP contribution is 2.35. The number of aliphatic carboxylic acids is 1. The van der Waals surface area contributed by atoms with E-state index in [0.717, 1.165) is 18.2 Å². The van der Waals surface area contributed by atoms with E-state index >= 15 is 0 Å². The van der Waals surface area contributed by atoms with Gasteiger partial charge in [-0.25, -0.2) is 4.79 Å². The summed E-state index contributed by atoms with van der Waals surface area (Å²) in [4.78, 5) is 11.4. The predicted molar refractivity (Wildman–Crippen MR) is 111 cm³/mol. The van der Waals surface area contributed by atoms with Crippen LogP contribution in [0.4, 0.5) is 13.2 Å². The van der Waals surface area contributed by atoms with Gasteiger partial charge in [0.1, 0.15) is 30.8 Å². The Balaban J connectivity index is 1.91. The molecule has 0 aliphatic heterocycles. The van der Waals surface area contributed by atoms with Gasteiger partial charge < -0.3 is 24.4 Å². The maximum absolute atomic E-state index is 12.8. The van der Waals surface area contributed by atoms with E-state index in [4.69, 9.17) is 25.8 Å². The monoisotopic (exact) mass is 476 g/mol. The molecule has 0 saturated heterocycles. The molecule has 2 N–H and O–H groups in total. The third-order valence-electron chi connectivity index (χ3n) is 4.16. The van der Waals surface area contributed by atoms with Crippen molar-refractivity contribution in [3.63, 3.8) is 0 Å². The number of halogens is 4. The molecule has 2 unspecified atom stereocenters. The molecule has 0 spiro atoms. The number of benzene rings is 2. The lowest BCUT2D eigenvalue weighted by Gasteiger charge is -2.18. The molecule has 6 nitrogen and oxygen atoms in total. The van der Waals surface area contributed by atoms with Crippen molar-refractivity contribution in [2.75, 3.05) is 13.2 Å². The fourth-order valence-electron chi connectivity index (χ4n) is 2.72. The molecule has 32 heavy (non-hydrogen) atoms. The van der Waals surface area contributed by atoms with Crippen molar-refractivity contribution < 1.29 is 42.4 Å². The fraction of sp³-hybridized carbons (Fsp3) is 0.409. The van der Waals surface area contributed by atoms with Crippen LogP contribution in [-0.4, -0.2) is 47.7 Å². The normalized spacial score (nSPS) is 13.6. The minimum Gasteiger partial charge on any atom is -0.491 e. The van der Waals surface area contributed by atoms with Gasteiger partial charge in [-0.05, 0) is 49.7 Å². The number of ether oxygens (including phenoxy) is 3. The topological polar surface area (TPSA) is 85.2 Å². The summed E-state index contributed by atoms with van der Waals surface area (Å²) in [5.41, 5.74) is -0.252. The zero-order valence-electron chi connectivity index (χ0n) is 17.4. The van der Waals surface area contributed by atoms with E-state index in [1.54, 1.807) is 38.1 Å². The first kappa shape index (κ1) is 25.8. The minimum absolute atomic E-state index is 0.0181. The van der Waals surface area contributed by atoms with E-state index in [-0.39, 0.29) is 36.5 Å². The van der Waals surface area contributed by atoms with Crippen molar-refractivity contribution in [3.8, 4) is 11.5 Å². The zero-order valence-corrected chi connectivity index (χ0v) is 18.2. The van der Waals surface area contributed by atoms with Crippen molar-refractivity contribution in [2.24, 2.45) is 0 Å². The summed E-state index contributed by atoms with van der Waals surface area (Å²) >= 11 is 5.86. The highest BCUT2D eigenvalue weighted by molar-refractivity contribution is 6.32. The first-order chi connectivity index (χ1) is 15.0. The maximum atomic E-state index is 12.8. The lowest BCUT2D eigenvalue weighted by molar-refractivity contribution is -0.153. The Labute approximate surface area is 188 Å². The Hall–Kier alpha value is -2.49. The van der Waals surface area contributed by atoms with Crippen LogP contribution in [0.5, 0.6) is 11.5 Å². The van der Waals surface area contributed by atoms with Crippen LogP contribution in [-0.2, 0) is 22.1 Å². The second-order valence-corrected chi connectivity index (χ2v) is 7.69. The molecule has 0 aliphatic carbocycles. The average Bonchev–Trinajstić information content (AvgIpc) is 2.70. The number of aliphatic hydroxyl groups is 1. The summed E-state index contributed by atoms with van der Waals surface area (Å²) in [6, 6.07) is 9.31. The quantitative estimate of drug-likeness (QED) is 0.493. The van der Waals surface area contributed by atoms with Gasteiger partial charge in [-0.2, -0.15) is 13.2 Å². The van der Waals surface area contributed by atoms with E-state index in [2.05, 4.69) is 0 Å². The second-order valence-electron chi connectivity index (χ2n) is 7.28. The Morgan fingerprint density at radius 1 is 1.09 bits per heavy atom. The molecule has 0 heterocycles. The van der Waals surface area contributed by atoms with Crippen LogP contribution in [0.3, 0.4) is 0 Å². The van der Waals surface area contributed by atoms with Crippen LogP contribution in [0.25, 0.3) is 0 Å². The number of alkyl halides is 3. The lowest BCUT2D eigenvalue weighted by atomic mass is 10.1. The highest BCUT2D eigenvalue weighted by atomic mass is 35.5. The summed E-state index contributed by atoms with van der Waals surface area (Å²) < 4.78 is 54.6. The van der Waals surface area contributed by atoms with Crippen LogP contribution in [0, 0.1) is 0 Å². The minimum atomic E-state index is -4.55. The van der Waals surface area contributed by atoms with Crippen molar-refractivity contribution in [1.29, 1.82) is 0 Å². The average molecular weight is 477 g/mol. The van der Waals surface area contributed by atoms with Gasteiger partial charge in [-0.1, -0.05) is 23.7 Å². The van der Waals surface area contributed by atoms with Crippen molar-refractivity contribution in [2.45, 2.75) is 44.8 Å². The molecule has 10 heteroatoms. The number of carboxylic acids is 1. The maximum Gasteiger partial charge on any atom is 0.416 e. The largest absolute Gasteiger partial charge is 0.491 e. The van der Waals surface area contributed by atoms with E-state index < -0.39 is 29.9 Å². The SMILES string of the molecule is CC(C)OC(Cc1cccc(OCC(O)COc2cc(C(F)(F)F)ccc2Cl)c1)C(=O)O. The summed E-state index contributed by atoms with van der Waals surface area (Å²) in [5, 5.41) is 19.3. The van der Waals surface area contributed by atoms with Crippen molar-refractivity contribution >= 4 is 17.6 Å². The molecule has 0 aromatic heterocycles. The third-order valence-corrected chi connectivity index (χ3v) is 4.48. The summed E-state index contributed by atoms with van der Waals surface area (Å²) in [7, 11) is 0. The molecule has 0 fully saturated rings. The Morgan fingerprint density at radius 3 is 2.41 bits per heavy atom. The second kappa shape index (κ2) is 11.4. The van der Waals surface area contributed by atoms with Crippen LogP contribution in [0.2, 0.25) is 5.02 Å². The lowest BCUT2D eigenvalue weighted by Crippen LogP contribution is -2.29. The molecule has 176 valence electrons. The van der Waals surface area contributed by atoms with Crippen LogP contribution in [0.1, 0.15) is 25.0 Å². The van der Waals surface area contributed by atoms with Crippen LogP contribution < -0.4 is 9.47 Å². The zero-order chi connectivity index (χ0) is 23.9. The van der Waals surface area contributed by atoms with Gasteiger partial charge in [-0.15, -0.1) is 0 Å². The van der Waals surface area contributed by atoms with Gasteiger partial charge >= 0.3 is 12.1 Å². The smallest absolute Gasteiger partial charge is 0.416 e. The van der Waals surface area contributed by atoms with Gasteiger partial charge in [0.15, 0.2) is 6.10 Å². The van der Waals surface area contributed by atoms with Gasteiger partial charge in [0, 0.05) is 6.42 Å². The molecular formula is C22H24ClF3O6. The molecular weight excluding hydrogens is 453 g/mol. The Kier molecular flexibility index (Phi) is 9.18. The van der Waals surface area contributed by atoms with Crippen LogP contribution in [0.15, 0.2) is 42.5 Å². The number of rotatable bonds is 11. The molecule has 2 aromatic carbocycles. The van der Waals surface area contributed by atoms with Gasteiger partial charge in [0.2, 0.25) is 0 Å². The molecule has 0 radical (unpaired) electrons. The van der Waals surface area contributed by atoms with Gasteiger partial charge in [0.25, 0.3) is 0 Å². The highest BCUT2D eigenvalue weighted by Gasteiger charge is 2.31. The molecule has 2 aromatic rings. The predicted octanol–water partition coefficient (Wildman–Crippen LogP) is 4.60. The van der Waals surface area contributed by atoms with Gasteiger partial charge in [-0.3, -0.25) is 0 Å². The standard InChI is InChI=1S/C22H24ClF3O6/c1-13(2)32-20(21(28)29)9-14-4-3-5-17(8-14)30-11-16(27)12-31-19-10-15(22(24,25)26)6-7-18(19)23/h3-8,10,13,16,20,27H,9,11-12H2,1-2H3,(H,28,29). The molecule has 0 amide bonds. The van der Waals surface area contributed by atoms with Gasteiger partial charge in [0.05, 0.1) is 16.7 Å². The molecule has 0 saturated carbocycles.